The Balaban J connectivity index is 1.98. The maximum atomic E-state index is 12.1. The quantitative estimate of drug-likeness (QED) is 0.795. The van der Waals surface area contributed by atoms with Gasteiger partial charge in [0.25, 0.3) is 5.91 Å². The molecule has 0 unspecified atom stereocenters. The highest BCUT2D eigenvalue weighted by molar-refractivity contribution is 6.04. The zero-order valence-electron chi connectivity index (χ0n) is 12.1. The predicted octanol–water partition coefficient (Wildman–Crippen LogP) is 2.10. The van der Waals surface area contributed by atoms with Gasteiger partial charge in [-0.25, -0.2) is 9.97 Å². The smallest absolute Gasteiger partial charge is 0.258 e. The minimum absolute atomic E-state index is 0.229. The van der Waals surface area contributed by atoms with Gasteiger partial charge in [-0.2, -0.15) is 0 Å². The molecule has 0 radical (unpaired) electrons. The number of carbonyl (C=O) groups excluding carboxylic acids is 1. The minimum Gasteiger partial charge on any atom is -0.383 e. The molecular weight excluding hydrogens is 268 g/mol. The van der Waals surface area contributed by atoms with Crippen molar-refractivity contribution >= 4 is 17.5 Å². The number of nitrogens with zero attached hydrogens (tertiary/aromatic N) is 2. The molecule has 0 bridgehead atoms. The molecule has 1 aromatic carbocycles. The Morgan fingerprint density at radius 1 is 1.24 bits per heavy atom. The van der Waals surface area contributed by atoms with Crippen LogP contribution in [0, 0.1) is 6.92 Å². The van der Waals surface area contributed by atoms with Crippen LogP contribution in [0.25, 0.3) is 0 Å². The van der Waals surface area contributed by atoms with Gasteiger partial charge in [-0.1, -0.05) is 18.2 Å². The molecule has 2 rings (SSSR count). The van der Waals surface area contributed by atoms with E-state index in [4.69, 9.17) is 4.74 Å². The van der Waals surface area contributed by atoms with E-state index in [9.17, 15) is 4.79 Å². The van der Waals surface area contributed by atoms with Crippen LogP contribution in [0.5, 0.6) is 0 Å². The fourth-order valence-corrected chi connectivity index (χ4v) is 1.71. The van der Waals surface area contributed by atoms with Gasteiger partial charge in [0.2, 0.25) is 5.95 Å². The Hall–Kier alpha value is -2.47. The number of anilines is 2. The average Bonchev–Trinajstić information content (AvgIpc) is 2.50. The predicted molar refractivity (Wildman–Crippen MR) is 81.5 cm³/mol. The van der Waals surface area contributed by atoms with Crippen molar-refractivity contribution in [3.63, 3.8) is 0 Å². The van der Waals surface area contributed by atoms with Crippen molar-refractivity contribution in [2.75, 3.05) is 30.9 Å². The summed E-state index contributed by atoms with van der Waals surface area (Å²) in [7, 11) is 1.63. The third kappa shape index (κ3) is 4.25. The molecule has 2 aromatic rings. The van der Waals surface area contributed by atoms with Gasteiger partial charge in [0.05, 0.1) is 12.2 Å². The van der Waals surface area contributed by atoms with E-state index in [2.05, 4.69) is 20.6 Å². The summed E-state index contributed by atoms with van der Waals surface area (Å²) in [6, 6.07) is 7.60. The Kier molecular flexibility index (Phi) is 5.22. The molecule has 2 N–H and O–H groups in total. The number of hydrogen-bond acceptors (Lipinski definition) is 5. The van der Waals surface area contributed by atoms with E-state index in [1.807, 2.05) is 31.2 Å². The van der Waals surface area contributed by atoms with Crippen molar-refractivity contribution in [2.24, 2.45) is 0 Å². The first-order chi connectivity index (χ1) is 10.2. The fraction of sp³-hybridized carbons (Fsp3) is 0.267. The average molecular weight is 286 g/mol. The Bertz CT molecular complexity index is 599. The fourth-order valence-electron chi connectivity index (χ4n) is 1.71. The summed E-state index contributed by atoms with van der Waals surface area (Å²) in [5, 5.41) is 5.83. The number of aryl methyl sites for hydroxylation is 1. The second kappa shape index (κ2) is 7.35. The van der Waals surface area contributed by atoms with Gasteiger partial charge in [0.15, 0.2) is 0 Å². The number of carbonyl (C=O) groups is 1. The first-order valence-corrected chi connectivity index (χ1v) is 6.62. The van der Waals surface area contributed by atoms with Crippen LogP contribution in [0.1, 0.15) is 15.9 Å². The summed E-state index contributed by atoms with van der Waals surface area (Å²) < 4.78 is 4.92. The third-order valence-electron chi connectivity index (χ3n) is 2.90. The number of ether oxygens (including phenoxy) is 1. The van der Waals surface area contributed by atoms with Crippen molar-refractivity contribution < 1.29 is 9.53 Å². The maximum Gasteiger partial charge on any atom is 0.258 e. The summed E-state index contributed by atoms with van der Waals surface area (Å²) in [5.41, 5.74) is 2.20. The van der Waals surface area contributed by atoms with Crippen LogP contribution in [0.3, 0.4) is 0 Å². The number of nitrogens with one attached hydrogen (secondary N) is 2. The zero-order chi connectivity index (χ0) is 15.1. The molecule has 6 nitrogen and oxygen atoms in total. The lowest BCUT2D eigenvalue weighted by Gasteiger charge is -2.08. The minimum atomic E-state index is -0.229. The highest BCUT2D eigenvalue weighted by Crippen LogP contribution is 2.14. The third-order valence-corrected chi connectivity index (χ3v) is 2.90. The lowest BCUT2D eigenvalue weighted by Crippen LogP contribution is -2.15. The molecule has 0 aliphatic heterocycles. The van der Waals surface area contributed by atoms with Crippen LogP contribution in [-0.2, 0) is 4.74 Å². The monoisotopic (exact) mass is 286 g/mol. The molecule has 1 heterocycles. The van der Waals surface area contributed by atoms with Gasteiger partial charge in [-0.3, -0.25) is 4.79 Å². The zero-order valence-corrected chi connectivity index (χ0v) is 12.1. The summed E-state index contributed by atoms with van der Waals surface area (Å²) in [6.45, 7) is 3.12. The van der Waals surface area contributed by atoms with Crippen molar-refractivity contribution in [1.82, 2.24) is 9.97 Å². The lowest BCUT2D eigenvalue weighted by molar-refractivity contribution is 0.102. The van der Waals surface area contributed by atoms with Gasteiger partial charge in [0.1, 0.15) is 0 Å². The first kappa shape index (κ1) is 14.9. The van der Waals surface area contributed by atoms with Gasteiger partial charge in [-0.05, 0) is 18.6 Å². The SMILES string of the molecule is COCCNc1ncc(C(=O)Nc2ccccc2C)cn1. The van der Waals surface area contributed by atoms with Gasteiger partial charge >= 0.3 is 0 Å². The molecule has 0 saturated heterocycles. The van der Waals surface area contributed by atoms with E-state index in [0.717, 1.165) is 11.3 Å². The molecule has 0 aliphatic carbocycles. The molecule has 0 spiro atoms. The molecular formula is C15H18N4O2. The van der Waals surface area contributed by atoms with E-state index in [-0.39, 0.29) is 5.91 Å². The van der Waals surface area contributed by atoms with Gasteiger partial charge in [-0.15, -0.1) is 0 Å². The van der Waals surface area contributed by atoms with E-state index >= 15 is 0 Å². The molecule has 1 aromatic heterocycles. The standard InChI is InChI=1S/C15H18N4O2/c1-11-5-3-4-6-13(11)19-14(20)12-9-17-15(18-10-12)16-7-8-21-2/h3-6,9-10H,7-8H2,1-2H3,(H,19,20)(H,16,17,18). The number of benzene rings is 1. The van der Waals surface area contributed by atoms with Crippen LogP contribution < -0.4 is 10.6 Å². The summed E-state index contributed by atoms with van der Waals surface area (Å²) >= 11 is 0. The van der Waals surface area contributed by atoms with Crippen LogP contribution in [0.2, 0.25) is 0 Å². The Morgan fingerprint density at radius 2 is 1.95 bits per heavy atom. The molecule has 0 saturated carbocycles. The number of hydrogen-bond donors (Lipinski definition) is 2. The molecule has 0 aliphatic rings. The summed E-state index contributed by atoms with van der Waals surface area (Å²) in [4.78, 5) is 20.3. The highest BCUT2D eigenvalue weighted by Gasteiger charge is 2.08. The Morgan fingerprint density at radius 3 is 2.62 bits per heavy atom. The molecule has 1 amide bonds. The second-order valence-electron chi connectivity index (χ2n) is 4.48. The number of methoxy groups -OCH3 is 1. The molecule has 0 fully saturated rings. The summed E-state index contributed by atoms with van der Waals surface area (Å²) in [5.74, 6) is 0.243. The van der Waals surface area contributed by atoms with Crippen LogP contribution in [0.4, 0.5) is 11.6 Å². The van der Waals surface area contributed by atoms with Crippen LogP contribution >= 0.6 is 0 Å². The highest BCUT2D eigenvalue weighted by atomic mass is 16.5. The molecule has 6 heteroatoms. The van der Waals surface area contributed by atoms with Crippen molar-refractivity contribution in [3.05, 3.63) is 47.8 Å². The van der Waals surface area contributed by atoms with Gasteiger partial charge < -0.3 is 15.4 Å². The van der Waals surface area contributed by atoms with Crippen molar-refractivity contribution in [1.29, 1.82) is 0 Å². The van der Waals surface area contributed by atoms with E-state index in [0.29, 0.717) is 24.7 Å². The molecule has 21 heavy (non-hydrogen) atoms. The van der Waals surface area contributed by atoms with Crippen LogP contribution in [-0.4, -0.2) is 36.1 Å². The topological polar surface area (TPSA) is 76.1 Å². The lowest BCUT2D eigenvalue weighted by atomic mass is 10.2. The summed E-state index contributed by atoms with van der Waals surface area (Å²) in [6.07, 6.45) is 2.99. The van der Waals surface area contributed by atoms with Crippen LogP contribution in [0.15, 0.2) is 36.7 Å². The maximum absolute atomic E-state index is 12.1. The van der Waals surface area contributed by atoms with Crippen molar-refractivity contribution in [2.45, 2.75) is 6.92 Å². The largest absolute Gasteiger partial charge is 0.383 e. The van der Waals surface area contributed by atoms with E-state index in [1.165, 1.54) is 12.4 Å². The van der Waals surface area contributed by atoms with E-state index in [1.54, 1.807) is 7.11 Å². The number of amides is 1. The van der Waals surface area contributed by atoms with Crippen molar-refractivity contribution in [3.8, 4) is 0 Å². The van der Waals surface area contributed by atoms with E-state index < -0.39 is 0 Å². The number of aromatic nitrogens is 2. The van der Waals surface area contributed by atoms with Gasteiger partial charge in [0, 0.05) is 31.7 Å². The normalized spacial score (nSPS) is 10.2. The second-order valence-corrected chi connectivity index (χ2v) is 4.48. The number of para-hydroxylation sites is 1. The first-order valence-electron chi connectivity index (χ1n) is 6.62. The Labute approximate surface area is 123 Å². The molecule has 110 valence electrons. The number of rotatable bonds is 6. The molecule has 0 atom stereocenters.